The van der Waals surface area contributed by atoms with Crippen LogP contribution in [0.5, 0.6) is 0 Å². The van der Waals surface area contributed by atoms with E-state index in [1.807, 2.05) is 43.3 Å². The molecule has 4 nitrogen and oxygen atoms in total. The lowest BCUT2D eigenvalue weighted by molar-refractivity contribution is 0.0984. The maximum atomic E-state index is 13.1. The van der Waals surface area contributed by atoms with E-state index in [9.17, 15) is 9.59 Å². The highest BCUT2D eigenvalue weighted by Crippen LogP contribution is 2.31. The van der Waals surface area contributed by atoms with Crippen LogP contribution in [0, 0.1) is 6.92 Å². The molecule has 1 N–H and O–H groups in total. The van der Waals surface area contributed by atoms with Crippen LogP contribution in [-0.2, 0) is 6.42 Å². The zero-order valence-corrected chi connectivity index (χ0v) is 17.9. The molecule has 3 aromatic rings. The second-order valence-corrected chi connectivity index (χ2v) is 8.20. The smallest absolute Gasteiger partial charge is 0.258 e. The third kappa shape index (κ3) is 4.20. The molecule has 4 rings (SSSR count). The Morgan fingerprint density at radius 3 is 2.60 bits per heavy atom. The van der Waals surface area contributed by atoms with Gasteiger partial charge >= 0.3 is 0 Å². The summed E-state index contributed by atoms with van der Waals surface area (Å²) in [6, 6.07) is 17.9. The summed E-state index contributed by atoms with van der Waals surface area (Å²) < 4.78 is 0. The summed E-state index contributed by atoms with van der Waals surface area (Å²) in [5.74, 6) is -0.299. The number of rotatable bonds is 3. The summed E-state index contributed by atoms with van der Waals surface area (Å²) in [4.78, 5) is 27.6. The van der Waals surface area contributed by atoms with Gasteiger partial charge in [-0.25, -0.2) is 0 Å². The summed E-state index contributed by atoms with van der Waals surface area (Å²) in [7, 11) is 0. The number of carbonyl (C=O) groups excluding carboxylic acids is 2. The van der Waals surface area contributed by atoms with E-state index < -0.39 is 0 Å². The van der Waals surface area contributed by atoms with E-state index in [2.05, 4.69) is 5.32 Å². The number of fused-ring (bicyclic) bond motifs is 1. The fourth-order valence-corrected chi connectivity index (χ4v) is 4.01. The van der Waals surface area contributed by atoms with E-state index in [0.717, 1.165) is 29.7 Å². The first-order valence-corrected chi connectivity index (χ1v) is 10.5. The van der Waals surface area contributed by atoms with Crippen molar-refractivity contribution in [1.82, 2.24) is 0 Å². The number of benzene rings is 3. The molecule has 1 heterocycles. The van der Waals surface area contributed by atoms with Gasteiger partial charge in [-0.3, -0.25) is 9.59 Å². The number of nitrogens with zero attached hydrogens (tertiary/aromatic N) is 1. The molecule has 0 aliphatic carbocycles. The second kappa shape index (κ2) is 8.50. The van der Waals surface area contributed by atoms with Gasteiger partial charge < -0.3 is 10.2 Å². The van der Waals surface area contributed by atoms with Crippen LogP contribution in [-0.4, -0.2) is 18.4 Å². The van der Waals surface area contributed by atoms with Crippen LogP contribution in [0.1, 0.15) is 38.3 Å². The van der Waals surface area contributed by atoms with Gasteiger partial charge in [0.05, 0.1) is 10.7 Å². The lowest BCUT2D eigenvalue weighted by Gasteiger charge is -2.30. The maximum Gasteiger partial charge on any atom is 0.258 e. The predicted molar refractivity (Wildman–Crippen MR) is 122 cm³/mol. The van der Waals surface area contributed by atoms with Crippen molar-refractivity contribution < 1.29 is 9.59 Å². The third-order valence-corrected chi connectivity index (χ3v) is 5.71. The number of carbonyl (C=O) groups is 2. The number of halogens is 2. The monoisotopic (exact) mass is 438 g/mol. The van der Waals surface area contributed by atoms with Gasteiger partial charge in [0.1, 0.15) is 0 Å². The van der Waals surface area contributed by atoms with Gasteiger partial charge in [0, 0.05) is 28.4 Å². The Bertz CT molecular complexity index is 1140. The van der Waals surface area contributed by atoms with E-state index in [1.165, 1.54) is 0 Å². The van der Waals surface area contributed by atoms with Crippen LogP contribution in [0.25, 0.3) is 0 Å². The molecule has 0 saturated heterocycles. The summed E-state index contributed by atoms with van der Waals surface area (Å²) in [6.07, 6.45) is 1.65. The number of hydrogen-bond donors (Lipinski definition) is 1. The number of anilines is 2. The molecule has 0 radical (unpaired) electrons. The zero-order valence-electron chi connectivity index (χ0n) is 16.4. The molecule has 0 fully saturated rings. The molecule has 0 spiro atoms. The normalized spacial score (nSPS) is 13.0. The zero-order chi connectivity index (χ0) is 21.3. The summed E-state index contributed by atoms with van der Waals surface area (Å²) in [6.45, 7) is 2.63. The van der Waals surface area contributed by atoms with Gasteiger partial charge in [-0.1, -0.05) is 40.9 Å². The number of nitrogens with one attached hydrogen (secondary N) is 1. The quantitative estimate of drug-likeness (QED) is 0.533. The first-order valence-electron chi connectivity index (χ1n) is 9.70. The van der Waals surface area contributed by atoms with Crippen molar-refractivity contribution in [3.05, 3.63) is 93.0 Å². The topological polar surface area (TPSA) is 49.4 Å². The van der Waals surface area contributed by atoms with Crippen molar-refractivity contribution in [1.29, 1.82) is 0 Å². The second-order valence-electron chi connectivity index (χ2n) is 7.35. The van der Waals surface area contributed by atoms with Crippen molar-refractivity contribution in [2.75, 3.05) is 16.8 Å². The van der Waals surface area contributed by atoms with E-state index in [4.69, 9.17) is 23.2 Å². The number of hydrogen-bond acceptors (Lipinski definition) is 2. The molecule has 0 aromatic heterocycles. The van der Waals surface area contributed by atoms with Crippen molar-refractivity contribution in [3.8, 4) is 0 Å². The summed E-state index contributed by atoms with van der Waals surface area (Å²) >= 11 is 12.1. The van der Waals surface area contributed by atoms with Gasteiger partial charge in [0.2, 0.25) is 0 Å². The van der Waals surface area contributed by atoms with E-state index >= 15 is 0 Å². The van der Waals surface area contributed by atoms with Gasteiger partial charge in [-0.05, 0) is 73.9 Å². The minimum atomic E-state index is -0.274. The van der Waals surface area contributed by atoms with Crippen molar-refractivity contribution in [2.24, 2.45) is 0 Å². The first-order chi connectivity index (χ1) is 14.4. The fourth-order valence-electron chi connectivity index (χ4n) is 3.67. The van der Waals surface area contributed by atoms with Crippen molar-refractivity contribution >= 4 is 46.4 Å². The molecule has 6 heteroatoms. The van der Waals surface area contributed by atoms with Gasteiger partial charge in [0.15, 0.2) is 0 Å². The third-order valence-electron chi connectivity index (χ3n) is 5.15. The molecular weight excluding hydrogens is 419 g/mol. The highest BCUT2D eigenvalue weighted by Gasteiger charge is 2.24. The van der Waals surface area contributed by atoms with Crippen molar-refractivity contribution in [3.63, 3.8) is 0 Å². The van der Waals surface area contributed by atoms with Crippen LogP contribution >= 0.6 is 23.2 Å². The largest absolute Gasteiger partial charge is 0.321 e. The van der Waals surface area contributed by atoms with E-state index in [1.54, 1.807) is 29.2 Å². The van der Waals surface area contributed by atoms with Gasteiger partial charge in [0.25, 0.3) is 11.8 Å². The Labute approximate surface area is 185 Å². The maximum absolute atomic E-state index is 13.1. The minimum absolute atomic E-state index is 0.0254. The highest BCUT2D eigenvalue weighted by atomic mass is 35.5. The van der Waals surface area contributed by atoms with Crippen LogP contribution in [0.15, 0.2) is 60.7 Å². The average Bonchev–Trinajstić information content (AvgIpc) is 2.75. The molecule has 0 unspecified atom stereocenters. The molecule has 1 aliphatic heterocycles. The molecule has 3 aromatic carbocycles. The van der Waals surface area contributed by atoms with Gasteiger partial charge in [-0.15, -0.1) is 0 Å². The van der Waals surface area contributed by atoms with Gasteiger partial charge in [-0.2, -0.15) is 0 Å². The SMILES string of the molecule is Cc1cccc(C(=O)N2CCCc3cc(C(=O)Nc4cc(Cl)ccc4Cl)ccc32)c1. The molecule has 0 saturated carbocycles. The molecule has 30 heavy (non-hydrogen) atoms. The Morgan fingerprint density at radius 2 is 1.80 bits per heavy atom. The number of aryl methyl sites for hydroxylation is 2. The lowest BCUT2D eigenvalue weighted by atomic mass is 9.98. The van der Waals surface area contributed by atoms with Crippen LogP contribution in [0.3, 0.4) is 0 Å². The van der Waals surface area contributed by atoms with Crippen LogP contribution < -0.4 is 10.2 Å². The summed E-state index contributed by atoms with van der Waals surface area (Å²) in [5, 5.41) is 3.71. The minimum Gasteiger partial charge on any atom is -0.321 e. The summed E-state index contributed by atoms with van der Waals surface area (Å²) in [5.41, 5.74) is 4.51. The fraction of sp³-hybridized carbons (Fsp3) is 0.167. The predicted octanol–water partition coefficient (Wildman–Crippen LogP) is 6.15. The van der Waals surface area contributed by atoms with Crippen molar-refractivity contribution in [2.45, 2.75) is 19.8 Å². The lowest BCUT2D eigenvalue weighted by Crippen LogP contribution is -2.35. The molecule has 0 atom stereocenters. The molecule has 0 bridgehead atoms. The average molecular weight is 439 g/mol. The Hall–Kier alpha value is -2.82. The molecular formula is C24H20Cl2N2O2. The molecule has 2 amide bonds. The van der Waals surface area contributed by atoms with Crippen LogP contribution in [0.2, 0.25) is 10.0 Å². The number of amides is 2. The molecule has 1 aliphatic rings. The first kappa shape index (κ1) is 20.5. The Kier molecular flexibility index (Phi) is 5.80. The highest BCUT2D eigenvalue weighted by molar-refractivity contribution is 6.35. The van der Waals surface area contributed by atoms with Crippen LogP contribution in [0.4, 0.5) is 11.4 Å². The van der Waals surface area contributed by atoms with E-state index in [-0.39, 0.29) is 11.8 Å². The Balaban J connectivity index is 1.59. The Morgan fingerprint density at radius 1 is 0.967 bits per heavy atom. The standard InChI is InChI=1S/C24H20Cl2N2O2/c1-15-4-2-5-18(12-15)24(30)28-11-3-6-16-13-17(7-10-22(16)28)23(29)27-21-14-19(25)8-9-20(21)26/h2,4-5,7-10,12-14H,3,6,11H2,1H3,(H,27,29). The molecule has 152 valence electrons. The van der Waals surface area contributed by atoms with E-state index in [0.29, 0.717) is 33.4 Å².